The second kappa shape index (κ2) is 7.17. The first kappa shape index (κ1) is 18.5. The Morgan fingerprint density at radius 1 is 1.23 bits per heavy atom. The highest BCUT2D eigenvalue weighted by Gasteiger charge is 2.54. The lowest BCUT2D eigenvalue weighted by atomic mass is 9.63. The van der Waals surface area contributed by atoms with Crippen LogP contribution in [0, 0.1) is 16.0 Å². The standard InChI is InChI=1S/C20H20ClNO4/c1-20(24)11-10-16(22(25)26)17(13-6-3-2-4-7-13)18(20)19(23)14-8-5-9-15(21)12-14/h2-9,12,16-18,24H,10-11H2,1H3/t16-,17+,18+,20+/m0/s1. The van der Waals surface area contributed by atoms with Gasteiger partial charge in [-0.2, -0.15) is 0 Å². The van der Waals surface area contributed by atoms with Crippen molar-refractivity contribution in [3.8, 4) is 0 Å². The highest BCUT2D eigenvalue weighted by Crippen LogP contribution is 2.46. The summed E-state index contributed by atoms with van der Waals surface area (Å²) < 4.78 is 0. The van der Waals surface area contributed by atoms with Crippen LogP contribution in [0.3, 0.4) is 0 Å². The minimum Gasteiger partial charge on any atom is -0.389 e. The molecule has 26 heavy (non-hydrogen) atoms. The Kier molecular flexibility index (Phi) is 5.12. The average Bonchev–Trinajstić information content (AvgIpc) is 2.60. The van der Waals surface area contributed by atoms with E-state index in [9.17, 15) is 20.0 Å². The van der Waals surface area contributed by atoms with Crippen molar-refractivity contribution >= 4 is 17.4 Å². The van der Waals surface area contributed by atoms with E-state index in [1.807, 2.05) is 6.07 Å². The molecule has 1 aliphatic carbocycles. The summed E-state index contributed by atoms with van der Waals surface area (Å²) in [6.45, 7) is 1.59. The first-order chi connectivity index (χ1) is 12.3. The molecule has 2 aromatic rings. The number of ketones is 1. The number of aliphatic hydroxyl groups is 1. The number of Topliss-reactive ketones (excluding diaryl/α,β-unsaturated/α-hetero) is 1. The summed E-state index contributed by atoms with van der Waals surface area (Å²) in [6, 6.07) is 14.5. The van der Waals surface area contributed by atoms with E-state index in [4.69, 9.17) is 11.6 Å². The molecule has 2 aromatic carbocycles. The number of hydrogen-bond donors (Lipinski definition) is 1. The minimum absolute atomic E-state index is 0.193. The smallest absolute Gasteiger partial charge is 0.220 e. The Morgan fingerprint density at radius 3 is 2.54 bits per heavy atom. The van der Waals surface area contributed by atoms with Crippen LogP contribution in [0.2, 0.25) is 5.02 Å². The van der Waals surface area contributed by atoms with Gasteiger partial charge in [0.05, 0.1) is 17.4 Å². The normalized spacial score (nSPS) is 28.5. The number of carbonyl (C=O) groups excluding carboxylic acids is 1. The summed E-state index contributed by atoms with van der Waals surface area (Å²) in [7, 11) is 0. The van der Waals surface area contributed by atoms with Crippen molar-refractivity contribution in [2.24, 2.45) is 5.92 Å². The third-order valence-electron chi connectivity index (χ3n) is 5.24. The fraction of sp³-hybridized carbons (Fsp3) is 0.350. The average molecular weight is 374 g/mol. The van der Waals surface area contributed by atoms with Crippen LogP contribution in [0.5, 0.6) is 0 Å². The van der Waals surface area contributed by atoms with E-state index in [0.717, 1.165) is 0 Å². The summed E-state index contributed by atoms with van der Waals surface area (Å²) in [5.74, 6) is -1.95. The van der Waals surface area contributed by atoms with Gasteiger partial charge in [-0.3, -0.25) is 14.9 Å². The van der Waals surface area contributed by atoms with E-state index >= 15 is 0 Å². The molecule has 0 heterocycles. The van der Waals surface area contributed by atoms with E-state index in [2.05, 4.69) is 0 Å². The van der Waals surface area contributed by atoms with Crippen molar-refractivity contribution in [1.29, 1.82) is 0 Å². The summed E-state index contributed by atoms with van der Waals surface area (Å²) in [5, 5.41) is 23.1. The van der Waals surface area contributed by atoms with E-state index in [0.29, 0.717) is 16.1 Å². The molecule has 0 spiro atoms. The first-order valence-corrected chi connectivity index (χ1v) is 8.89. The lowest BCUT2D eigenvalue weighted by molar-refractivity contribution is -0.533. The van der Waals surface area contributed by atoms with E-state index in [1.54, 1.807) is 49.4 Å². The zero-order valence-corrected chi connectivity index (χ0v) is 15.1. The van der Waals surface area contributed by atoms with Crippen LogP contribution in [-0.4, -0.2) is 27.5 Å². The molecule has 0 bridgehead atoms. The van der Waals surface area contributed by atoms with Gasteiger partial charge in [0.25, 0.3) is 0 Å². The topological polar surface area (TPSA) is 80.4 Å². The molecule has 0 aliphatic heterocycles. The van der Waals surface area contributed by atoms with Crippen LogP contribution in [-0.2, 0) is 0 Å². The summed E-state index contributed by atoms with van der Waals surface area (Å²) >= 11 is 6.01. The molecule has 1 aliphatic rings. The van der Waals surface area contributed by atoms with Crippen molar-refractivity contribution in [3.05, 3.63) is 80.9 Å². The number of benzene rings is 2. The predicted molar refractivity (Wildman–Crippen MR) is 99.1 cm³/mol. The van der Waals surface area contributed by atoms with Gasteiger partial charge in [-0.1, -0.05) is 54.1 Å². The van der Waals surface area contributed by atoms with Gasteiger partial charge in [-0.15, -0.1) is 0 Å². The van der Waals surface area contributed by atoms with Crippen LogP contribution >= 0.6 is 11.6 Å². The molecule has 1 saturated carbocycles. The van der Waals surface area contributed by atoms with Crippen LogP contribution in [0.25, 0.3) is 0 Å². The first-order valence-electron chi connectivity index (χ1n) is 8.52. The number of nitro groups is 1. The van der Waals surface area contributed by atoms with Crippen molar-refractivity contribution in [3.63, 3.8) is 0 Å². The molecule has 0 unspecified atom stereocenters. The minimum atomic E-state index is -1.34. The molecule has 5 nitrogen and oxygen atoms in total. The van der Waals surface area contributed by atoms with Gasteiger partial charge in [-0.25, -0.2) is 0 Å². The molecule has 0 saturated heterocycles. The van der Waals surface area contributed by atoms with Gasteiger partial charge < -0.3 is 5.11 Å². The van der Waals surface area contributed by atoms with E-state index in [-0.39, 0.29) is 23.5 Å². The quantitative estimate of drug-likeness (QED) is 0.496. The van der Waals surface area contributed by atoms with Gasteiger partial charge in [0.1, 0.15) is 0 Å². The highest BCUT2D eigenvalue weighted by molar-refractivity contribution is 6.31. The van der Waals surface area contributed by atoms with Crippen molar-refractivity contribution in [2.75, 3.05) is 0 Å². The van der Waals surface area contributed by atoms with Gasteiger partial charge in [-0.05, 0) is 31.0 Å². The molecular formula is C20H20ClNO4. The molecule has 0 aromatic heterocycles. The number of nitrogens with zero attached hydrogens (tertiary/aromatic N) is 1. The number of hydrogen-bond acceptors (Lipinski definition) is 4. The number of rotatable bonds is 4. The van der Waals surface area contributed by atoms with Gasteiger partial charge >= 0.3 is 0 Å². The second-order valence-electron chi connectivity index (χ2n) is 7.04. The summed E-state index contributed by atoms with van der Waals surface area (Å²) in [4.78, 5) is 24.6. The highest BCUT2D eigenvalue weighted by atomic mass is 35.5. The van der Waals surface area contributed by atoms with Gasteiger partial charge in [0.15, 0.2) is 5.78 Å². The SMILES string of the molecule is C[C@@]1(O)CC[C@H]([N+](=O)[O-])[C@@H](c2ccccc2)[C@@H]1C(=O)c1cccc(Cl)c1. The largest absolute Gasteiger partial charge is 0.389 e. The molecule has 6 heteroatoms. The third-order valence-corrected chi connectivity index (χ3v) is 5.47. The lowest BCUT2D eigenvalue weighted by Crippen LogP contribution is -2.52. The zero-order chi connectivity index (χ0) is 18.9. The molecule has 136 valence electrons. The fourth-order valence-electron chi connectivity index (χ4n) is 3.98. The Balaban J connectivity index is 2.12. The maximum absolute atomic E-state index is 13.3. The maximum atomic E-state index is 13.3. The second-order valence-corrected chi connectivity index (χ2v) is 7.47. The molecule has 1 fully saturated rings. The van der Waals surface area contributed by atoms with Crippen LogP contribution in [0.1, 0.15) is 41.6 Å². The predicted octanol–water partition coefficient (Wildman–Crippen LogP) is 4.11. The molecule has 0 radical (unpaired) electrons. The van der Waals surface area contributed by atoms with Crippen LogP contribution in [0.4, 0.5) is 0 Å². The fourth-order valence-corrected chi connectivity index (χ4v) is 4.17. The Bertz CT molecular complexity index is 822. The monoisotopic (exact) mass is 373 g/mol. The van der Waals surface area contributed by atoms with Gasteiger partial charge in [0.2, 0.25) is 6.04 Å². The summed E-state index contributed by atoms with van der Waals surface area (Å²) in [5.41, 5.74) is -0.297. The lowest BCUT2D eigenvalue weighted by Gasteiger charge is -2.42. The van der Waals surface area contributed by atoms with E-state index in [1.165, 1.54) is 6.07 Å². The van der Waals surface area contributed by atoms with Gasteiger partial charge in [0, 0.05) is 21.9 Å². The molecule has 1 N–H and O–H groups in total. The Hall–Kier alpha value is -2.24. The molecule has 3 rings (SSSR count). The Morgan fingerprint density at radius 2 is 1.92 bits per heavy atom. The summed E-state index contributed by atoms with van der Waals surface area (Å²) in [6.07, 6.45) is 0.415. The van der Waals surface area contributed by atoms with Crippen LogP contribution < -0.4 is 0 Å². The molecule has 4 atom stereocenters. The Labute approximate surface area is 156 Å². The number of halogens is 1. The van der Waals surface area contributed by atoms with Crippen molar-refractivity contribution in [2.45, 2.75) is 37.3 Å². The third kappa shape index (κ3) is 3.50. The maximum Gasteiger partial charge on any atom is 0.220 e. The molecular weight excluding hydrogens is 354 g/mol. The van der Waals surface area contributed by atoms with Crippen molar-refractivity contribution < 1.29 is 14.8 Å². The zero-order valence-electron chi connectivity index (χ0n) is 14.3. The van der Waals surface area contributed by atoms with E-state index < -0.39 is 23.5 Å². The molecule has 0 amide bonds. The number of carbonyl (C=O) groups is 1. The van der Waals surface area contributed by atoms with Crippen LogP contribution in [0.15, 0.2) is 54.6 Å². The van der Waals surface area contributed by atoms with Crippen molar-refractivity contribution in [1.82, 2.24) is 0 Å².